The van der Waals surface area contributed by atoms with Crippen LogP contribution < -0.4 is 5.32 Å². The number of benzene rings is 1. The van der Waals surface area contributed by atoms with Gasteiger partial charge in [0.2, 0.25) is 0 Å². The fourth-order valence-electron chi connectivity index (χ4n) is 1.42. The van der Waals surface area contributed by atoms with Crippen LogP contribution in [0.1, 0.15) is 22.3 Å². The van der Waals surface area contributed by atoms with Crippen LogP contribution >= 0.6 is 0 Å². The summed E-state index contributed by atoms with van der Waals surface area (Å²) in [4.78, 5) is 33.0. The molecule has 6 nitrogen and oxygen atoms in total. The number of rotatable bonds is 5. The predicted molar refractivity (Wildman–Crippen MR) is 62.3 cm³/mol. The van der Waals surface area contributed by atoms with Crippen LogP contribution in [0.15, 0.2) is 18.2 Å². The molecule has 1 aromatic carbocycles. The van der Waals surface area contributed by atoms with Gasteiger partial charge in [-0.1, -0.05) is 11.6 Å². The fourth-order valence-corrected chi connectivity index (χ4v) is 1.42. The first-order chi connectivity index (χ1) is 8.81. The SMILES string of the molecule is Cc1ccc(F)c(C(=O)N[C@@H](CC(=O)O)C(=O)O)c1. The molecular weight excluding hydrogens is 257 g/mol. The van der Waals surface area contributed by atoms with E-state index >= 15 is 0 Å². The minimum absolute atomic E-state index is 0.323. The third-order valence-electron chi connectivity index (χ3n) is 2.35. The Bertz CT molecular complexity index is 529. The van der Waals surface area contributed by atoms with Crippen molar-refractivity contribution in [1.29, 1.82) is 0 Å². The molecule has 0 aromatic heterocycles. The molecule has 0 unspecified atom stereocenters. The Hall–Kier alpha value is -2.44. The molecule has 0 aliphatic carbocycles. The summed E-state index contributed by atoms with van der Waals surface area (Å²) >= 11 is 0. The van der Waals surface area contributed by atoms with E-state index in [1.807, 2.05) is 5.32 Å². The van der Waals surface area contributed by atoms with Crippen LogP contribution in [0.2, 0.25) is 0 Å². The molecule has 1 atom stereocenters. The molecule has 0 heterocycles. The number of halogens is 1. The second-order valence-electron chi connectivity index (χ2n) is 3.95. The predicted octanol–water partition coefficient (Wildman–Crippen LogP) is 0.792. The molecule has 1 rings (SSSR count). The first-order valence-corrected chi connectivity index (χ1v) is 5.33. The molecule has 0 spiro atoms. The Morgan fingerprint density at radius 2 is 1.95 bits per heavy atom. The van der Waals surface area contributed by atoms with E-state index < -0.39 is 36.1 Å². The zero-order chi connectivity index (χ0) is 14.6. The zero-order valence-electron chi connectivity index (χ0n) is 10.0. The van der Waals surface area contributed by atoms with Crippen LogP contribution in [0.5, 0.6) is 0 Å². The van der Waals surface area contributed by atoms with Crippen LogP contribution in [0.25, 0.3) is 0 Å². The molecule has 7 heteroatoms. The Kier molecular flexibility index (Phi) is 4.57. The molecule has 0 aliphatic heterocycles. The quantitative estimate of drug-likeness (QED) is 0.733. The van der Waals surface area contributed by atoms with Gasteiger partial charge >= 0.3 is 11.9 Å². The Morgan fingerprint density at radius 3 is 2.47 bits per heavy atom. The Morgan fingerprint density at radius 1 is 1.32 bits per heavy atom. The van der Waals surface area contributed by atoms with Crippen LogP contribution in [0.3, 0.4) is 0 Å². The van der Waals surface area contributed by atoms with Gasteiger partial charge in [0.05, 0.1) is 12.0 Å². The van der Waals surface area contributed by atoms with E-state index in [1.165, 1.54) is 12.1 Å². The maximum absolute atomic E-state index is 13.4. The second-order valence-corrected chi connectivity index (χ2v) is 3.95. The van der Waals surface area contributed by atoms with Crippen molar-refractivity contribution in [3.05, 3.63) is 35.1 Å². The summed E-state index contributed by atoms with van der Waals surface area (Å²) in [5, 5.41) is 19.3. The van der Waals surface area contributed by atoms with Crippen molar-refractivity contribution in [2.75, 3.05) is 0 Å². The molecule has 1 aromatic rings. The summed E-state index contributed by atoms with van der Waals surface area (Å²) in [5.74, 6) is -4.64. The largest absolute Gasteiger partial charge is 0.481 e. The first kappa shape index (κ1) is 14.6. The van der Waals surface area contributed by atoms with Crippen LogP contribution in [0.4, 0.5) is 4.39 Å². The van der Waals surface area contributed by atoms with Crippen molar-refractivity contribution in [3.8, 4) is 0 Å². The minimum Gasteiger partial charge on any atom is -0.481 e. The molecule has 0 fully saturated rings. The zero-order valence-corrected chi connectivity index (χ0v) is 10.0. The third kappa shape index (κ3) is 4.06. The molecule has 0 saturated carbocycles. The van der Waals surface area contributed by atoms with Crippen molar-refractivity contribution < 1.29 is 29.0 Å². The summed E-state index contributed by atoms with van der Waals surface area (Å²) in [6, 6.07) is 2.18. The highest BCUT2D eigenvalue weighted by atomic mass is 19.1. The summed E-state index contributed by atoms with van der Waals surface area (Å²) in [7, 11) is 0. The van der Waals surface area contributed by atoms with Gasteiger partial charge < -0.3 is 15.5 Å². The van der Waals surface area contributed by atoms with Gasteiger partial charge in [-0.3, -0.25) is 9.59 Å². The number of nitrogens with one attached hydrogen (secondary N) is 1. The Labute approximate surface area is 107 Å². The second kappa shape index (κ2) is 5.94. The number of aliphatic carboxylic acids is 2. The lowest BCUT2D eigenvalue weighted by molar-refractivity contribution is -0.145. The molecule has 0 saturated heterocycles. The summed E-state index contributed by atoms with van der Waals surface area (Å²) in [5.41, 5.74) is 0.299. The highest BCUT2D eigenvalue weighted by molar-refractivity contribution is 5.97. The van der Waals surface area contributed by atoms with Crippen molar-refractivity contribution in [3.63, 3.8) is 0 Å². The highest BCUT2D eigenvalue weighted by Gasteiger charge is 2.24. The molecule has 3 N–H and O–H groups in total. The molecule has 1 amide bonds. The van der Waals surface area contributed by atoms with Gasteiger partial charge in [0.15, 0.2) is 0 Å². The van der Waals surface area contributed by atoms with E-state index in [9.17, 15) is 18.8 Å². The maximum Gasteiger partial charge on any atom is 0.326 e. The molecular formula is C12H12FNO5. The van der Waals surface area contributed by atoms with E-state index in [4.69, 9.17) is 10.2 Å². The topological polar surface area (TPSA) is 104 Å². The van der Waals surface area contributed by atoms with Crippen molar-refractivity contribution >= 4 is 17.8 Å². The summed E-state index contributed by atoms with van der Waals surface area (Å²) in [6.07, 6.45) is -0.783. The molecule has 0 aliphatic rings. The monoisotopic (exact) mass is 269 g/mol. The van der Waals surface area contributed by atoms with Gasteiger partial charge in [-0.15, -0.1) is 0 Å². The highest BCUT2D eigenvalue weighted by Crippen LogP contribution is 2.10. The molecule has 19 heavy (non-hydrogen) atoms. The average molecular weight is 269 g/mol. The average Bonchev–Trinajstić information content (AvgIpc) is 2.30. The van der Waals surface area contributed by atoms with E-state index in [0.29, 0.717) is 5.56 Å². The fraction of sp³-hybridized carbons (Fsp3) is 0.250. The van der Waals surface area contributed by atoms with Crippen molar-refractivity contribution in [2.24, 2.45) is 0 Å². The first-order valence-electron chi connectivity index (χ1n) is 5.33. The standard InChI is InChI=1S/C12H12FNO5/c1-6-2-3-8(13)7(4-6)11(17)14-9(12(18)19)5-10(15)16/h2-4,9H,5H2,1H3,(H,14,17)(H,15,16)(H,18,19)/t9-/m0/s1. The minimum atomic E-state index is -1.61. The lowest BCUT2D eigenvalue weighted by atomic mass is 10.1. The van der Waals surface area contributed by atoms with Crippen LogP contribution in [-0.2, 0) is 9.59 Å². The van der Waals surface area contributed by atoms with Gasteiger partial charge in [-0.25, -0.2) is 9.18 Å². The number of carbonyl (C=O) groups excluding carboxylic acids is 1. The van der Waals surface area contributed by atoms with E-state index in [1.54, 1.807) is 6.92 Å². The van der Waals surface area contributed by atoms with Gasteiger partial charge in [0.1, 0.15) is 11.9 Å². The number of amides is 1. The number of hydrogen-bond donors (Lipinski definition) is 3. The van der Waals surface area contributed by atoms with E-state index in [2.05, 4.69) is 0 Å². The summed E-state index contributed by atoms with van der Waals surface area (Å²) < 4.78 is 13.4. The van der Waals surface area contributed by atoms with Gasteiger partial charge in [0, 0.05) is 0 Å². The van der Waals surface area contributed by atoms with Crippen LogP contribution in [-0.4, -0.2) is 34.1 Å². The number of hydrogen-bond acceptors (Lipinski definition) is 3. The maximum atomic E-state index is 13.4. The third-order valence-corrected chi connectivity index (χ3v) is 2.35. The summed E-state index contributed by atoms with van der Waals surface area (Å²) in [6.45, 7) is 1.64. The molecule has 102 valence electrons. The van der Waals surface area contributed by atoms with E-state index in [-0.39, 0.29) is 5.56 Å². The van der Waals surface area contributed by atoms with Crippen LogP contribution in [0, 0.1) is 12.7 Å². The lowest BCUT2D eigenvalue weighted by Crippen LogP contribution is -2.42. The van der Waals surface area contributed by atoms with Gasteiger partial charge in [0.25, 0.3) is 5.91 Å². The number of aryl methyl sites for hydroxylation is 1. The lowest BCUT2D eigenvalue weighted by Gasteiger charge is -2.13. The Balaban J connectivity index is 2.90. The van der Waals surface area contributed by atoms with Gasteiger partial charge in [-0.05, 0) is 19.1 Å². The van der Waals surface area contributed by atoms with Crippen molar-refractivity contribution in [2.45, 2.75) is 19.4 Å². The number of carboxylic acids is 2. The van der Waals surface area contributed by atoms with E-state index in [0.717, 1.165) is 6.07 Å². The van der Waals surface area contributed by atoms with Gasteiger partial charge in [-0.2, -0.15) is 0 Å². The molecule has 0 radical (unpaired) electrons. The normalized spacial score (nSPS) is 11.7. The molecule has 0 bridgehead atoms. The number of carboxylic acid groups (broad SMARTS) is 2. The smallest absolute Gasteiger partial charge is 0.326 e. The van der Waals surface area contributed by atoms with Crippen molar-refractivity contribution in [1.82, 2.24) is 5.32 Å². The number of carbonyl (C=O) groups is 3.